The predicted molar refractivity (Wildman–Crippen MR) is 95.6 cm³/mol. The monoisotopic (exact) mass is 467 g/mol. The molecule has 1 aliphatic rings. The van der Waals surface area contributed by atoms with Gasteiger partial charge in [-0.05, 0) is 47.5 Å². The van der Waals surface area contributed by atoms with Crippen LogP contribution >= 0.6 is 0 Å². The molecule has 0 aliphatic carbocycles. The number of piperidine rings is 1. The molecule has 0 spiro atoms. The molecule has 2 aromatic carbocycles. The van der Waals surface area contributed by atoms with E-state index in [-0.39, 0.29) is 41.4 Å². The first kappa shape index (κ1) is 20.5. The summed E-state index contributed by atoms with van der Waals surface area (Å²) in [6.45, 7) is 1.22. The molecule has 1 aliphatic heterocycles. The number of rotatable bonds is 2. The van der Waals surface area contributed by atoms with Crippen LogP contribution in [0.5, 0.6) is 0 Å². The minimum atomic E-state index is -0.301. The molecule has 0 unspecified atom stereocenters. The average molecular weight is 467 g/mol. The molecule has 0 radical (unpaired) electrons. The summed E-state index contributed by atoms with van der Waals surface area (Å²) in [5.41, 5.74) is 2.98. The highest BCUT2D eigenvalue weighted by Gasteiger charge is 2.33. The summed E-state index contributed by atoms with van der Waals surface area (Å²) in [6, 6.07) is 12.2. The van der Waals surface area contributed by atoms with Crippen LogP contribution in [0.25, 0.3) is 12.2 Å². The molecule has 0 N–H and O–H groups in total. The number of likely N-dealkylation sites (N-methyl/N-ethyl adjacent to an activating group) is 1. The third-order valence-corrected chi connectivity index (χ3v) is 4.20. The lowest BCUT2D eigenvalue weighted by Crippen LogP contribution is -3.00. The highest BCUT2D eigenvalue weighted by Crippen LogP contribution is 2.25. The van der Waals surface area contributed by atoms with Crippen molar-refractivity contribution >= 4 is 17.9 Å². The Bertz CT molecular complexity index is 783. The Morgan fingerprint density at radius 2 is 1.12 bits per heavy atom. The third-order valence-electron chi connectivity index (χ3n) is 4.20. The maximum absolute atomic E-state index is 13.1. The van der Waals surface area contributed by atoms with Gasteiger partial charge in [-0.3, -0.25) is 4.79 Å². The van der Waals surface area contributed by atoms with Gasteiger partial charge >= 0.3 is 0 Å². The summed E-state index contributed by atoms with van der Waals surface area (Å²) in [5, 5.41) is 0. The molecule has 1 heterocycles. The van der Waals surface area contributed by atoms with Gasteiger partial charge in [0.15, 0.2) is 5.78 Å². The molecule has 0 atom stereocenters. The number of carbonyl (C=O) groups is 1. The maximum atomic E-state index is 13.1. The molecule has 2 nitrogen and oxygen atoms in total. The molecule has 1 fully saturated rings. The van der Waals surface area contributed by atoms with Crippen LogP contribution in [-0.4, -0.2) is 37.5 Å². The van der Waals surface area contributed by atoms with Crippen LogP contribution in [0.15, 0.2) is 59.7 Å². The topological polar surface area (TPSA) is 17.1 Å². The largest absolute Gasteiger partial charge is 1.00 e. The highest BCUT2D eigenvalue weighted by atomic mass is 127. The molecule has 1 saturated heterocycles. The molecule has 2 aromatic rings. The van der Waals surface area contributed by atoms with E-state index in [1.807, 2.05) is 12.2 Å². The first-order valence-electron chi connectivity index (χ1n) is 8.11. The van der Waals surface area contributed by atoms with Gasteiger partial charge in [0.25, 0.3) is 0 Å². The summed E-state index contributed by atoms with van der Waals surface area (Å²) < 4.78 is 26.8. The zero-order valence-corrected chi connectivity index (χ0v) is 16.8. The Labute approximate surface area is 169 Å². The first-order valence-corrected chi connectivity index (χ1v) is 8.11. The molecular formula is C21H20F2INO. The van der Waals surface area contributed by atoms with Gasteiger partial charge in [-0.15, -0.1) is 0 Å². The minimum absolute atomic E-state index is 0. The second-order valence-corrected chi connectivity index (χ2v) is 7.02. The van der Waals surface area contributed by atoms with Gasteiger partial charge in [0, 0.05) is 0 Å². The van der Waals surface area contributed by atoms with Gasteiger partial charge < -0.3 is 28.5 Å². The van der Waals surface area contributed by atoms with Crippen LogP contribution in [0.3, 0.4) is 0 Å². The second-order valence-electron chi connectivity index (χ2n) is 7.02. The van der Waals surface area contributed by atoms with Crippen molar-refractivity contribution in [3.05, 3.63) is 82.4 Å². The van der Waals surface area contributed by atoms with Crippen molar-refractivity contribution in [2.45, 2.75) is 0 Å². The Balaban J connectivity index is 0.00000243. The van der Waals surface area contributed by atoms with Crippen molar-refractivity contribution in [2.75, 3.05) is 27.2 Å². The normalized spacial score (nSPS) is 19.5. The molecule has 0 aromatic heterocycles. The number of quaternary nitrogens is 1. The van der Waals surface area contributed by atoms with Crippen molar-refractivity contribution in [1.82, 2.24) is 0 Å². The quantitative estimate of drug-likeness (QED) is 0.368. The Hall–Kier alpha value is -1.86. The molecule has 5 heteroatoms. The van der Waals surface area contributed by atoms with Crippen molar-refractivity contribution in [3.63, 3.8) is 0 Å². The van der Waals surface area contributed by atoms with Gasteiger partial charge in [-0.1, -0.05) is 24.3 Å². The smallest absolute Gasteiger partial charge is 0.196 e. The summed E-state index contributed by atoms with van der Waals surface area (Å²) in [5.74, 6) is -0.610. The summed E-state index contributed by atoms with van der Waals surface area (Å²) in [7, 11) is 4.12. The number of nitrogens with zero attached hydrogens (tertiary/aromatic N) is 1. The lowest BCUT2D eigenvalue weighted by molar-refractivity contribution is -0.881. The third kappa shape index (κ3) is 5.08. The number of hydrogen-bond donors (Lipinski definition) is 0. The summed E-state index contributed by atoms with van der Waals surface area (Å²) in [6.07, 6.45) is 3.64. The maximum Gasteiger partial charge on any atom is 0.196 e. The van der Waals surface area contributed by atoms with Crippen LogP contribution in [0, 0.1) is 11.6 Å². The Morgan fingerprint density at radius 3 is 1.46 bits per heavy atom. The van der Waals surface area contributed by atoms with E-state index in [1.54, 1.807) is 24.3 Å². The SMILES string of the molecule is C[N+]1(C)CC(=Cc2ccc(F)cc2)C(=O)C(=Cc2ccc(F)cc2)C1.[I-]. The van der Waals surface area contributed by atoms with E-state index in [9.17, 15) is 13.6 Å². The molecule has 0 amide bonds. The van der Waals surface area contributed by atoms with Gasteiger partial charge in [0.05, 0.1) is 25.2 Å². The van der Waals surface area contributed by atoms with Crippen LogP contribution in [-0.2, 0) is 4.79 Å². The summed E-state index contributed by atoms with van der Waals surface area (Å²) in [4.78, 5) is 12.9. The van der Waals surface area contributed by atoms with Crippen LogP contribution in [0.2, 0.25) is 0 Å². The number of carbonyl (C=O) groups excluding carboxylic acids is 1. The van der Waals surface area contributed by atoms with Gasteiger partial charge in [-0.25, -0.2) is 8.78 Å². The predicted octanol–water partition coefficient (Wildman–Crippen LogP) is 1.09. The Kier molecular flexibility index (Phi) is 6.47. The zero-order valence-electron chi connectivity index (χ0n) is 14.7. The molecule has 26 heavy (non-hydrogen) atoms. The van der Waals surface area contributed by atoms with E-state index in [0.29, 0.717) is 28.7 Å². The summed E-state index contributed by atoms with van der Waals surface area (Å²) >= 11 is 0. The molecule has 0 bridgehead atoms. The number of Topliss-reactive ketones (excluding diaryl/α,β-unsaturated/α-hetero) is 1. The molecular weight excluding hydrogens is 447 g/mol. The van der Waals surface area contributed by atoms with Crippen molar-refractivity contribution in [1.29, 1.82) is 0 Å². The number of halogens is 3. The van der Waals surface area contributed by atoms with Crippen LogP contribution in [0.4, 0.5) is 8.78 Å². The van der Waals surface area contributed by atoms with E-state index < -0.39 is 0 Å². The standard InChI is InChI=1S/C21H20F2NO.HI/c1-24(2)13-17(11-15-3-7-19(22)8-4-15)21(25)18(14-24)12-16-5-9-20(23)10-6-16;/h3-12H,13-14H2,1-2H3;1H/q+1;/p-1. The first-order chi connectivity index (χ1) is 11.8. The van der Waals surface area contributed by atoms with Gasteiger partial charge in [-0.2, -0.15) is 0 Å². The van der Waals surface area contributed by atoms with Crippen molar-refractivity contribution in [2.24, 2.45) is 0 Å². The van der Waals surface area contributed by atoms with Crippen molar-refractivity contribution < 1.29 is 42.0 Å². The molecule has 136 valence electrons. The van der Waals surface area contributed by atoms with Gasteiger partial charge in [0.1, 0.15) is 24.7 Å². The number of likely N-dealkylation sites (tertiary alicyclic amines) is 1. The van der Waals surface area contributed by atoms with Crippen LogP contribution < -0.4 is 24.0 Å². The number of ketones is 1. The zero-order chi connectivity index (χ0) is 18.0. The lowest BCUT2D eigenvalue weighted by Gasteiger charge is -2.35. The fourth-order valence-electron chi connectivity index (χ4n) is 3.07. The molecule has 3 rings (SSSR count). The second kappa shape index (κ2) is 8.22. The highest BCUT2D eigenvalue weighted by molar-refractivity contribution is 6.14. The van der Waals surface area contributed by atoms with Crippen molar-refractivity contribution in [3.8, 4) is 0 Å². The fraction of sp³-hybridized carbons (Fsp3) is 0.190. The number of benzene rings is 2. The lowest BCUT2D eigenvalue weighted by atomic mass is 9.93. The van der Waals surface area contributed by atoms with E-state index in [4.69, 9.17) is 0 Å². The average Bonchev–Trinajstić information content (AvgIpc) is 2.55. The van der Waals surface area contributed by atoms with E-state index >= 15 is 0 Å². The molecule has 0 saturated carbocycles. The van der Waals surface area contributed by atoms with Gasteiger partial charge in [0.2, 0.25) is 0 Å². The Morgan fingerprint density at radius 1 is 0.769 bits per heavy atom. The van der Waals surface area contributed by atoms with E-state index in [0.717, 1.165) is 11.1 Å². The fourth-order valence-corrected chi connectivity index (χ4v) is 3.07. The van der Waals surface area contributed by atoms with Crippen LogP contribution in [0.1, 0.15) is 11.1 Å². The van der Waals surface area contributed by atoms with E-state index in [2.05, 4.69) is 14.1 Å². The minimum Gasteiger partial charge on any atom is -1.00 e. The number of hydrogen-bond acceptors (Lipinski definition) is 1. The van der Waals surface area contributed by atoms with E-state index in [1.165, 1.54) is 24.3 Å².